The molecular weight excluding hydrogens is 551 g/mol. The van der Waals surface area contributed by atoms with E-state index in [1.807, 2.05) is 24.3 Å². The van der Waals surface area contributed by atoms with Crippen LogP contribution in [0.1, 0.15) is 45.9 Å². The Morgan fingerprint density at radius 1 is 0.829 bits per heavy atom. The van der Waals surface area contributed by atoms with Crippen molar-refractivity contribution in [1.29, 1.82) is 0 Å². The van der Waals surface area contributed by atoms with Crippen molar-refractivity contribution in [1.82, 2.24) is 4.90 Å². The standard InChI is InChI=1S/C29H27F5N2O5/c30-23-22(24(31)26(33)27(34)25(23)32)28(38)35-19-7-5-18(6-8-19)29-40-20(14-36-9-11-39-12-10-36)13-21(41-29)17-3-1-16(15-37)2-4-17/h1-8,20-21,29,37H,9-15H2,(H,35,38). The summed E-state index contributed by atoms with van der Waals surface area (Å²) in [6, 6.07) is 13.4. The Balaban J connectivity index is 1.33. The molecule has 0 bridgehead atoms. The zero-order valence-corrected chi connectivity index (χ0v) is 21.7. The van der Waals surface area contributed by atoms with Gasteiger partial charge in [0.05, 0.1) is 32.0 Å². The second-order valence-electron chi connectivity index (χ2n) is 9.78. The van der Waals surface area contributed by atoms with E-state index in [1.54, 1.807) is 12.1 Å². The Morgan fingerprint density at radius 3 is 2.02 bits per heavy atom. The molecule has 2 N–H and O–H groups in total. The van der Waals surface area contributed by atoms with E-state index in [0.29, 0.717) is 31.7 Å². The highest BCUT2D eigenvalue weighted by Gasteiger charge is 2.34. The Hall–Kier alpha value is -3.42. The molecule has 0 spiro atoms. The number of nitrogens with zero attached hydrogens (tertiary/aromatic N) is 1. The molecular formula is C29H27F5N2O5. The van der Waals surface area contributed by atoms with Crippen molar-refractivity contribution in [2.24, 2.45) is 0 Å². The summed E-state index contributed by atoms with van der Waals surface area (Å²) in [5.41, 5.74) is 0.743. The summed E-state index contributed by atoms with van der Waals surface area (Å²) >= 11 is 0. The summed E-state index contributed by atoms with van der Waals surface area (Å²) in [5, 5.41) is 11.5. The summed E-state index contributed by atoms with van der Waals surface area (Å²) in [7, 11) is 0. The SMILES string of the molecule is O=C(Nc1ccc(C2OC(CN3CCOCC3)CC(c3ccc(CO)cc3)O2)cc1)c1c(F)c(F)c(F)c(F)c1F. The molecule has 3 aromatic rings. The zero-order valence-electron chi connectivity index (χ0n) is 21.7. The Bertz CT molecular complexity index is 1350. The molecule has 0 radical (unpaired) electrons. The van der Waals surface area contributed by atoms with Crippen molar-refractivity contribution in [2.75, 3.05) is 38.2 Å². The Morgan fingerprint density at radius 2 is 1.41 bits per heavy atom. The lowest BCUT2D eigenvalue weighted by Crippen LogP contribution is -2.44. The average molecular weight is 579 g/mol. The van der Waals surface area contributed by atoms with Crippen molar-refractivity contribution >= 4 is 11.6 Å². The van der Waals surface area contributed by atoms with Crippen molar-refractivity contribution in [3.05, 3.63) is 99.9 Å². The molecule has 41 heavy (non-hydrogen) atoms. The molecule has 7 nitrogen and oxygen atoms in total. The number of hydrogen-bond acceptors (Lipinski definition) is 6. The summed E-state index contributed by atoms with van der Waals surface area (Å²) in [5.74, 6) is -12.7. The molecule has 3 aromatic carbocycles. The van der Waals surface area contributed by atoms with Gasteiger partial charge in [0.15, 0.2) is 29.6 Å². The van der Waals surface area contributed by atoms with Gasteiger partial charge in [-0.15, -0.1) is 0 Å². The van der Waals surface area contributed by atoms with E-state index < -0.39 is 46.8 Å². The molecule has 2 aliphatic rings. The van der Waals surface area contributed by atoms with Crippen LogP contribution in [0.5, 0.6) is 0 Å². The monoisotopic (exact) mass is 578 g/mol. The van der Waals surface area contributed by atoms with Crippen LogP contribution in [0.2, 0.25) is 0 Å². The molecule has 5 rings (SSSR count). The minimum absolute atomic E-state index is 0.0551. The van der Waals surface area contributed by atoms with Gasteiger partial charge in [0.2, 0.25) is 5.82 Å². The van der Waals surface area contributed by atoms with Crippen LogP contribution < -0.4 is 5.32 Å². The van der Waals surface area contributed by atoms with Crippen LogP contribution in [0.15, 0.2) is 48.5 Å². The number of anilines is 1. The van der Waals surface area contributed by atoms with Crippen LogP contribution in [-0.4, -0.2) is 54.9 Å². The van der Waals surface area contributed by atoms with Gasteiger partial charge < -0.3 is 24.6 Å². The van der Waals surface area contributed by atoms with Crippen LogP contribution in [0.3, 0.4) is 0 Å². The predicted octanol–water partition coefficient (Wildman–Crippen LogP) is 5.00. The van der Waals surface area contributed by atoms with E-state index >= 15 is 0 Å². The second-order valence-corrected chi connectivity index (χ2v) is 9.78. The molecule has 218 valence electrons. The topological polar surface area (TPSA) is 80.3 Å². The number of morpholine rings is 1. The third-order valence-corrected chi connectivity index (χ3v) is 7.06. The van der Waals surface area contributed by atoms with Gasteiger partial charge in [-0.3, -0.25) is 9.69 Å². The first-order valence-electron chi connectivity index (χ1n) is 13.0. The molecule has 2 aliphatic heterocycles. The first-order valence-corrected chi connectivity index (χ1v) is 13.0. The molecule has 0 saturated carbocycles. The van der Waals surface area contributed by atoms with Gasteiger partial charge in [-0.1, -0.05) is 36.4 Å². The van der Waals surface area contributed by atoms with Gasteiger partial charge in [0, 0.05) is 37.3 Å². The fraction of sp³-hybridized carbons (Fsp3) is 0.345. The van der Waals surface area contributed by atoms with Gasteiger partial charge >= 0.3 is 0 Å². The maximum atomic E-state index is 14.0. The number of amides is 1. The van der Waals surface area contributed by atoms with E-state index in [2.05, 4.69) is 10.2 Å². The van der Waals surface area contributed by atoms with Gasteiger partial charge in [-0.2, -0.15) is 0 Å². The third kappa shape index (κ3) is 6.41. The van der Waals surface area contributed by atoms with Crippen LogP contribution in [-0.2, 0) is 20.8 Å². The molecule has 1 amide bonds. The maximum Gasteiger partial charge on any atom is 0.261 e. The fourth-order valence-corrected chi connectivity index (χ4v) is 4.83. The van der Waals surface area contributed by atoms with Crippen LogP contribution in [0.25, 0.3) is 0 Å². The quantitative estimate of drug-likeness (QED) is 0.233. The van der Waals surface area contributed by atoms with Crippen LogP contribution in [0.4, 0.5) is 27.6 Å². The number of rotatable bonds is 7. The van der Waals surface area contributed by atoms with E-state index in [-0.39, 0.29) is 24.5 Å². The molecule has 12 heteroatoms. The predicted molar refractivity (Wildman–Crippen MR) is 136 cm³/mol. The van der Waals surface area contributed by atoms with Crippen LogP contribution >= 0.6 is 0 Å². The lowest BCUT2D eigenvalue weighted by atomic mass is 9.99. The fourth-order valence-electron chi connectivity index (χ4n) is 4.83. The van der Waals surface area contributed by atoms with E-state index in [9.17, 15) is 31.9 Å². The lowest BCUT2D eigenvalue weighted by molar-refractivity contribution is -0.253. The highest BCUT2D eigenvalue weighted by Crippen LogP contribution is 2.38. The van der Waals surface area contributed by atoms with Crippen molar-refractivity contribution < 1.29 is 46.1 Å². The van der Waals surface area contributed by atoms with Crippen molar-refractivity contribution in [2.45, 2.75) is 31.5 Å². The summed E-state index contributed by atoms with van der Waals surface area (Å²) in [6.07, 6.45) is -0.719. The molecule has 0 aliphatic carbocycles. The average Bonchev–Trinajstić information content (AvgIpc) is 3.00. The number of carbonyl (C=O) groups excluding carboxylic acids is 1. The second kappa shape index (κ2) is 12.6. The Kier molecular flexibility index (Phi) is 8.95. The van der Waals surface area contributed by atoms with Crippen molar-refractivity contribution in [3.8, 4) is 0 Å². The minimum atomic E-state index is -2.34. The first-order chi connectivity index (χ1) is 19.7. The Labute approximate surface area is 232 Å². The maximum absolute atomic E-state index is 14.0. The van der Waals surface area contributed by atoms with Crippen LogP contribution in [0, 0.1) is 29.1 Å². The number of nitrogens with one attached hydrogen (secondary N) is 1. The molecule has 0 aromatic heterocycles. The number of benzene rings is 3. The van der Waals surface area contributed by atoms with Gasteiger partial charge in [-0.05, 0) is 23.3 Å². The first kappa shape index (κ1) is 29.1. The highest BCUT2D eigenvalue weighted by molar-refractivity contribution is 6.04. The molecule has 2 saturated heterocycles. The van der Waals surface area contributed by atoms with Gasteiger partial charge in [0.1, 0.15) is 5.56 Å². The third-order valence-electron chi connectivity index (χ3n) is 7.06. The minimum Gasteiger partial charge on any atom is -0.392 e. The molecule has 2 fully saturated rings. The number of aliphatic hydroxyl groups is 1. The summed E-state index contributed by atoms with van der Waals surface area (Å²) < 4.78 is 86.5. The summed E-state index contributed by atoms with van der Waals surface area (Å²) in [6.45, 7) is 3.40. The molecule has 3 unspecified atom stereocenters. The van der Waals surface area contributed by atoms with E-state index in [0.717, 1.165) is 24.2 Å². The van der Waals surface area contributed by atoms with Gasteiger partial charge in [-0.25, -0.2) is 22.0 Å². The number of aliphatic hydroxyl groups excluding tert-OH is 1. The van der Waals surface area contributed by atoms with E-state index in [1.165, 1.54) is 12.1 Å². The summed E-state index contributed by atoms with van der Waals surface area (Å²) in [4.78, 5) is 14.7. The molecule has 2 heterocycles. The largest absolute Gasteiger partial charge is 0.392 e. The normalized spacial score (nSPS) is 21.6. The highest BCUT2D eigenvalue weighted by atomic mass is 19.2. The number of halogens is 5. The lowest BCUT2D eigenvalue weighted by Gasteiger charge is -2.39. The number of hydrogen-bond donors (Lipinski definition) is 2. The molecule has 3 atom stereocenters. The van der Waals surface area contributed by atoms with Crippen molar-refractivity contribution in [3.63, 3.8) is 0 Å². The smallest absolute Gasteiger partial charge is 0.261 e. The zero-order chi connectivity index (χ0) is 29.1. The van der Waals surface area contributed by atoms with E-state index in [4.69, 9.17) is 14.2 Å². The number of ether oxygens (including phenoxy) is 3. The van der Waals surface area contributed by atoms with Gasteiger partial charge in [0.25, 0.3) is 5.91 Å². The number of carbonyl (C=O) groups is 1.